The van der Waals surface area contributed by atoms with E-state index in [-0.39, 0.29) is 25.8 Å². The minimum atomic E-state index is -1.58. The highest BCUT2D eigenvalue weighted by atomic mass is 32.1. The summed E-state index contributed by atoms with van der Waals surface area (Å²) < 4.78 is 2.54. The van der Waals surface area contributed by atoms with Crippen LogP contribution >= 0.6 is 22.7 Å². The van der Waals surface area contributed by atoms with Crippen molar-refractivity contribution >= 4 is 80.0 Å². The van der Waals surface area contributed by atoms with E-state index in [0.717, 1.165) is 44.5 Å². The molecule has 2 aromatic carbocycles. The Morgan fingerprint density at radius 1 is 0.817 bits per heavy atom. The van der Waals surface area contributed by atoms with E-state index in [1.165, 1.54) is 23.2 Å². The van der Waals surface area contributed by atoms with Crippen LogP contribution in [0.5, 0.6) is 0 Å². The first-order valence-corrected chi connectivity index (χ1v) is 25.4. The van der Waals surface area contributed by atoms with Crippen LogP contribution in [0.1, 0.15) is 77.8 Å². The number of carbonyl (C=O) groups excluding carboxylic acids is 8. The third-order valence-electron chi connectivity index (χ3n) is 12.5. The molecule has 11 N–H and O–H groups in total. The first kappa shape index (κ1) is 53.3. The summed E-state index contributed by atoms with van der Waals surface area (Å²) in [5.74, 6) is -6.63. The molecule has 8 atom stereocenters. The van der Waals surface area contributed by atoms with Crippen LogP contribution in [0.3, 0.4) is 0 Å². The smallest absolute Gasteiger partial charge is 0.246 e. The van der Waals surface area contributed by atoms with Crippen LogP contribution in [0.25, 0.3) is 31.8 Å². The molecule has 1 aliphatic rings. The number of rotatable bonds is 24. The average molecular weight is 1010 g/mol. The lowest BCUT2D eigenvalue weighted by Gasteiger charge is -2.33. The van der Waals surface area contributed by atoms with Crippen LogP contribution in [0.4, 0.5) is 0 Å². The number of hydrogen-bond acceptors (Lipinski definition) is 13. The first-order chi connectivity index (χ1) is 34.0. The number of aromatic nitrogens is 3. The van der Waals surface area contributed by atoms with Gasteiger partial charge >= 0.3 is 0 Å². The van der Waals surface area contributed by atoms with Crippen LogP contribution in [-0.2, 0) is 44.8 Å². The number of nitrogens with one attached hydrogen (secondary N) is 5. The van der Waals surface area contributed by atoms with Gasteiger partial charge in [-0.05, 0) is 58.7 Å². The minimum absolute atomic E-state index is 0.0105. The lowest BCUT2D eigenvalue weighted by atomic mass is 9.96. The molecule has 0 spiro atoms. The number of benzene rings is 2. The Kier molecular flexibility index (Phi) is 18.5. The number of nitrogens with two attached hydrogens (primary N) is 3. The largest absolute Gasteiger partial charge is 0.370 e. The molecule has 20 nitrogen and oxygen atoms in total. The predicted octanol–water partition coefficient (Wildman–Crippen LogP) is 2.27. The molecular weight excluding hydrogens is 949 g/mol. The van der Waals surface area contributed by atoms with Gasteiger partial charge in [0.2, 0.25) is 47.3 Å². The maximum atomic E-state index is 15.1. The molecule has 1 saturated heterocycles. The van der Waals surface area contributed by atoms with Gasteiger partial charge in [0.25, 0.3) is 0 Å². The number of thiophene rings is 2. The summed E-state index contributed by atoms with van der Waals surface area (Å²) in [5.41, 5.74) is 20.2. The highest BCUT2D eigenvalue weighted by Crippen LogP contribution is 2.32. The molecule has 8 amide bonds. The van der Waals surface area contributed by atoms with E-state index in [0.29, 0.717) is 18.7 Å². The molecule has 0 radical (unpaired) electrons. The Balaban J connectivity index is 1.29. The van der Waals surface area contributed by atoms with Gasteiger partial charge in [0, 0.05) is 41.1 Å². The maximum Gasteiger partial charge on any atom is 0.246 e. The van der Waals surface area contributed by atoms with Crippen LogP contribution in [0.2, 0.25) is 0 Å². The molecule has 0 saturated carbocycles. The Bertz CT molecular complexity index is 2690. The van der Waals surface area contributed by atoms with Gasteiger partial charge in [0.15, 0.2) is 0 Å². The number of nitrogens with zero attached hydrogens (tertiary/aromatic N) is 4. The van der Waals surface area contributed by atoms with Crippen LogP contribution < -0.4 is 43.8 Å². The topological polar surface area (TPSA) is 309 Å². The summed E-state index contributed by atoms with van der Waals surface area (Å²) in [7, 11) is 0. The normalized spacial score (nSPS) is 17.0. The van der Waals surface area contributed by atoms with Crippen molar-refractivity contribution in [3.05, 3.63) is 83.2 Å². The Morgan fingerprint density at radius 2 is 1.54 bits per heavy atom. The Hall–Kier alpha value is -7.04. The molecule has 1 aliphatic heterocycles. The summed E-state index contributed by atoms with van der Waals surface area (Å²) in [6.07, 6.45) is 2.64. The van der Waals surface area contributed by atoms with Crippen molar-refractivity contribution in [2.45, 2.75) is 115 Å². The first-order valence-electron chi connectivity index (χ1n) is 23.6. The Labute approximate surface area is 419 Å². The number of unbranched alkanes of at least 4 members (excludes halogenated alkanes) is 1. The molecule has 3 aromatic heterocycles. The highest BCUT2D eigenvalue weighted by Gasteiger charge is 2.45. The second kappa shape index (κ2) is 24.7. The van der Waals surface area contributed by atoms with E-state index in [1.54, 1.807) is 36.1 Å². The average Bonchev–Trinajstić information content (AvgIpc) is 4.20. The molecule has 378 valence electrons. The van der Waals surface area contributed by atoms with Crippen molar-refractivity contribution in [1.82, 2.24) is 46.5 Å². The molecule has 6 rings (SSSR count). The Morgan fingerprint density at radius 3 is 2.21 bits per heavy atom. The van der Waals surface area contributed by atoms with Gasteiger partial charge in [-0.15, -0.1) is 27.8 Å². The van der Waals surface area contributed by atoms with E-state index in [1.807, 2.05) is 78.3 Å². The second-order valence-corrected chi connectivity index (χ2v) is 19.7. The third-order valence-corrected chi connectivity index (χ3v) is 14.5. The van der Waals surface area contributed by atoms with E-state index in [2.05, 4.69) is 36.9 Å². The SMILES string of the molecule is CCCCNC(=O)C[C@H](N)C(=O)N[C@@H](CC(N)=O)C(=O)N[C@H](C(=O)N1C[C@@H](n2cc(-c3ccc(-c4cccs4)cc3)nn2)C[C@H]1C(=O)N[C@@H](Cc1csc2ccccc12)C(=O)N[C@@H](C)C(N)=O)[C@@H](C)CC. The predicted molar refractivity (Wildman–Crippen MR) is 270 cm³/mol. The molecule has 1 fully saturated rings. The molecule has 4 heterocycles. The molecule has 0 bridgehead atoms. The fourth-order valence-electron chi connectivity index (χ4n) is 8.18. The fourth-order valence-corrected chi connectivity index (χ4v) is 9.89. The molecular formula is C49H62N12O8S2. The van der Waals surface area contributed by atoms with Crippen LogP contribution in [0, 0.1) is 5.92 Å². The molecule has 0 aliphatic carbocycles. The van der Waals surface area contributed by atoms with Gasteiger partial charge in [-0.25, -0.2) is 4.68 Å². The quantitative estimate of drug-likeness (QED) is 0.0415. The van der Waals surface area contributed by atoms with Gasteiger partial charge in [-0.1, -0.05) is 87.4 Å². The van der Waals surface area contributed by atoms with Gasteiger partial charge in [0.05, 0.1) is 31.1 Å². The molecule has 0 unspecified atom stereocenters. The second-order valence-electron chi connectivity index (χ2n) is 17.8. The van der Waals surface area contributed by atoms with Gasteiger partial charge in [-0.2, -0.15) is 0 Å². The summed E-state index contributed by atoms with van der Waals surface area (Å²) in [6, 6.07) is 11.0. The number of hydrogen-bond donors (Lipinski definition) is 8. The van der Waals surface area contributed by atoms with Gasteiger partial charge < -0.3 is 48.7 Å². The standard InChI is InChI=1S/C49H62N12O8S2/c1-5-7-18-53-42(63)22-34(50)45(65)55-36(23-41(51)62)47(67)57-43(27(3)6-2)49(69)60-24-32(61-25-37(58-59-61)29-14-16-30(17-15-29)39-13-10-19-70-39)21-38(60)48(68)56-35(46(66)54-28(4)44(52)64)20-31-26-71-40-12-9-8-11-33(31)40/h8-17,19,25-28,32,34-36,38,43H,5-7,18,20-24,50H2,1-4H3,(H2,51,62)(H2,52,64)(H,53,63)(H,54,66)(H,55,65)(H,56,68)(H,57,67)/t27-,28-,32-,34-,35-,36-,38-,43-/m0/s1. The van der Waals surface area contributed by atoms with Crippen molar-refractivity contribution in [1.29, 1.82) is 0 Å². The fraction of sp³-hybridized carbons (Fsp3) is 0.429. The summed E-state index contributed by atoms with van der Waals surface area (Å²) >= 11 is 3.09. The lowest BCUT2D eigenvalue weighted by Crippen LogP contribution is -2.60. The summed E-state index contributed by atoms with van der Waals surface area (Å²) in [4.78, 5) is 110. The minimum Gasteiger partial charge on any atom is -0.370 e. The van der Waals surface area contributed by atoms with E-state index in [9.17, 15) is 33.6 Å². The van der Waals surface area contributed by atoms with E-state index >= 15 is 4.79 Å². The van der Waals surface area contributed by atoms with Gasteiger partial charge in [0.1, 0.15) is 35.9 Å². The van der Waals surface area contributed by atoms with E-state index in [4.69, 9.17) is 17.2 Å². The number of amides is 8. The third kappa shape index (κ3) is 13.9. The number of primary amides is 2. The van der Waals surface area contributed by atoms with Crippen molar-refractivity contribution in [3.63, 3.8) is 0 Å². The molecule has 71 heavy (non-hydrogen) atoms. The number of carbonyl (C=O) groups is 8. The number of fused-ring (bicyclic) bond motifs is 1. The zero-order valence-electron chi connectivity index (χ0n) is 40.1. The number of likely N-dealkylation sites (tertiary alicyclic amines) is 1. The van der Waals surface area contributed by atoms with Crippen molar-refractivity contribution in [2.24, 2.45) is 23.1 Å². The zero-order valence-corrected chi connectivity index (χ0v) is 41.7. The van der Waals surface area contributed by atoms with E-state index < -0.39 is 102 Å². The van der Waals surface area contributed by atoms with Crippen molar-refractivity contribution in [2.75, 3.05) is 13.1 Å². The summed E-state index contributed by atoms with van der Waals surface area (Å²) in [5, 5.41) is 26.9. The lowest BCUT2D eigenvalue weighted by molar-refractivity contribution is -0.143. The highest BCUT2D eigenvalue weighted by molar-refractivity contribution is 7.17. The van der Waals surface area contributed by atoms with Crippen LogP contribution in [-0.4, -0.2) is 116 Å². The summed E-state index contributed by atoms with van der Waals surface area (Å²) in [6.45, 7) is 7.22. The van der Waals surface area contributed by atoms with Crippen molar-refractivity contribution in [3.8, 4) is 21.7 Å². The monoisotopic (exact) mass is 1010 g/mol. The molecule has 22 heteroatoms. The maximum absolute atomic E-state index is 15.1. The van der Waals surface area contributed by atoms with Crippen LogP contribution in [0.15, 0.2) is 77.6 Å². The molecule has 5 aromatic rings. The van der Waals surface area contributed by atoms with Gasteiger partial charge in [-0.3, -0.25) is 38.4 Å². The van der Waals surface area contributed by atoms with Crippen molar-refractivity contribution < 1.29 is 38.4 Å². The zero-order chi connectivity index (χ0) is 51.4.